The molecule has 19 heavy (non-hydrogen) atoms. The van der Waals surface area contributed by atoms with Crippen molar-refractivity contribution in [2.75, 3.05) is 0 Å². The Balaban J connectivity index is 2.47. The number of aliphatic imine (C=N–C) groups is 1. The van der Waals surface area contributed by atoms with Gasteiger partial charge in [0.1, 0.15) is 11.0 Å². The van der Waals surface area contributed by atoms with Crippen LogP contribution >= 0.6 is 11.6 Å². The third-order valence-electron chi connectivity index (χ3n) is 3.31. The molecule has 0 unspecified atom stereocenters. The molecule has 0 radical (unpaired) electrons. The van der Waals surface area contributed by atoms with Gasteiger partial charge in [0.2, 0.25) is 0 Å². The normalized spacial score (nSPS) is 17.5. The summed E-state index contributed by atoms with van der Waals surface area (Å²) in [5, 5.41) is 4.53. The maximum Gasteiger partial charge on any atom is 0.128 e. The Kier molecular flexibility index (Phi) is 4.53. The molecular weight excluding hydrogens is 265 g/mol. The number of aromatic nitrogens is 2. The van der Waals surface area contributed by atoms with Gasteiger partial charge in [-0.05, 0) is 39.0 Å². The summed E-state index contributed by atoms with van der Waals surface area (Å²) in [7, 11) is 0. The second kappa shape index (κ2) is 6.15. The average molecular weight is 282 g/mol. The maximum atomic E-state index is 13.8. The van der Waals surface area contributed by atoms with Crippen molar-refractivity contribution in [1.29, 1.82) is 0 Å². The highest BCUT2D eigenvalue weighted by Crippen LogP contribution is 2.29. The van der Waals surface area contributed by atoms with Crippen LogP contribution in [0.2, 0.25) is 0 Å². The lowest BCUT2D eigenvalue weighted by atomic mass is 10.0. The highest BCUT2D eigenvalue weighted by Gasteiger charge is 2.17. The van der Waals surface area contributed by atoms with Crippen molar-refractivity contribution in [3.05, 3.63) is 34.5 Å². The van der Waals surface area contributed by atoms with Gasteiger partial charge in [0.25, 0.3) is 0 Å². The highest BCUT2D eigenvalue weighted by atomic mass is 35.5. The number of allylic oxidation sites excluding steroid dienone is 3. The lowest BCUT2D eigenvalue weighted by Crippen LogP contribution is -2.03. The van der Waals surface area contributed by atoms with Gasteiger partial charge in [0.05, 0.1) is 6.20 Å². The van der Waals surface area contributed by atoms with Crippen molar-refractivity contribution in [2.45, 2.75) is 39.2 Å². The van der Waals surface area contributed by atoms with Gasteiger partial charge < -0.3 is 0 Å². The van der Waals surface area contributed by atoms with Gasteiger partial charge in [-0.1, -0.05) is 18.0 Å². The van der Waals surface area contributed by atoms with Crippen LogP contribution in [0.15, 0.2) is 28.2 Å². The summed E-state index contributed by atoms with van der Waals surface area (Å²) in [6.45, 7) is 5.65. The monoisotopic (exact) mass is 281 g/mol. The minimum atomic E-state index is -0.290. The van der Waals surface area contributed by atoms with E-state index in [1.54, 1.807) is 6.20 Å². The van der Waals surface area contributed by atoms with Crippen molar-refractivity contribution in [1.82, 2.24) is 9.78 Å². The Morgan fingerprint density at radius 2 is 2.32 bits per heavy atom. The number of fused-ring (bicyclic) bond motifs is 1. The zero-order chi connectivity index (χ0) is 13.8. The van der Waals surface area contributed by atoms with Crippen molar-refractivity contribution in [3.63, 3.8) is 0 Å². The molecule has 3 nitrogen and oxygen atoms in total. The molecule has 0 spiro atoms. The lowest BCUT2D eigenvalue weighted by molar-refractivity contribution is 0.576. The zero-order valence-electron chi connectivity index (χ0n) is 11.0. The summed E-state index contributed by atoms with van der Waals surface area (Å²) in [6, 6.07) is 0. The second-order valence-electron chi connectivity index (χ2n) is 4.61. The molecule has 0 saturated carbocycles. The summed E-state index contributed by atoms with van der Waals surface area (Å²) in [4.78, 5) is 3.60. The van der Waals surface area contributed by atoms with Crippen LogP contribution in [0.1, 0.15) is 37.4 Å². The fraction of sp³-hybridized carbons (Fsp3) is 0.429. The summed E-state index contributed by atoms with van der Waals surface area (Å²) in [5.41, 5.74) is 2.33. The Bertz CT molecular complexity index is 539. The summed E-state index contributed by atoms with van der Waals surface area (Å²) >= 11 is 5.84. The maximum absolute atomic E-state index is 13.8. The molecule has 0 fully saturated rings. The van der Waals surface area contributed by atoms with Crippen LogP contribution in [-0.4, -0.2) is 16.5 Å². The van der Waals surface area contributed by atoms with E-state index in [0.29, 0.717) is 5.57 Å². The first-order chi connectivity index (χ1) is 9.13. The molecule has 1 aromatic heterocycles. The topological polar surface area (TPSA) is 30.2 Å². The largest absolute Gasteiger partial charge is 0.269 e. The standard InChI is InChI=1S/C14H17ClFN3/c1-10(16)11(8-14(15)17-2)12-9-18-19-7-5-3-4-6-13(12)19/h8-9H,2-7H2,1H3/b11-10-,14-8-. The minimum Gasteiger partial charge on any atom is -0.269 e. The number of hydrogen-bond acceptors (Lipinski definition) is 2. The second-order valence-corrected chi connectivity index (χ2v) is 5.00. The Morgan fingerprint density at radius 1 is 1.53 bits per heavy atom. The van der Waals surface area contributed by atoms with Crippen LogP contribution in [0.5, 0.6) is 0 Å². The molecule has 1 aliphatic heterocycles. The van der Waals surface area contributed by atoms with E-state index >= 15 is 0 Å². The molecule has 5 heteroatoms. The van der Waals surface area contributed by atoms with Gasteiger partial charge in [-0.2, -0.15) is 5.10 Å². The van der Waals surface area contributed by atoms with Crippen LogP contribution in [0.3, 0.4) is 0 Å². The van der Waals surface area contributed by atoms with Crippen molar-refractivity contribution >= 4 is 23.9 Å². The molecule has 0 aliphatic carbocycles. The number of aryl methyl sites for hydroxylation is 1. The Hall–Kier alpha value is -1.42. The predicted molar refractivity (Wildman–Crippen MR) is 77.0 cm³/mol. The molecule has 1 aliphatic rings. The summed E-state index contributed by atoms with van der Waals surface area (Å²) < 4.78 is 15.7. The molecular formula is C14H17ClFN3. The molecule has 0 aromatic carbocycles. The van der Waals surface area contributed by atoms with E-state index < -0.39 is 0 Å². The van der Waals surface area contributed by atoms with Crippen LogP contribution in [0, 0.1) is 0 Å². The van der Waals surface area contributed by atoms with E-state index in [-0.39, 0.29) is 11.0 Å². The number of hydrogen-bond donors (Lipinski definition) is 0. The molecule has 0 bridgehead atoms. The van der Waals surface area contributed by atoms with Crippen LogP contribution < -0.4 is 0 Å². The average Bonchev–Trinajstić information content (AvgIpc) is 2.64. The molecule has 0 N–H and O–H groups in total. The molecule has 0 saturated heterocycles. The van der Waals surface area contributed by atoms with E-state index in [9.17, 15) is 4.39 Å². The molecule has 102 valence electrons. The van der Waals surface area contributed by atoms with Gasteiger partial charge in [0.15, 0.2) is 0 Å². The van der Waals surface area contributed by atoms with Gasteiger partial charge in [-0.25, -0.2) is 4.39 Å². The van der Waals surface area contributed by atoms with Gasteiger partial charge in [-0.3, -0.25) is 9.67 Å². The Morgan fingerprint density at radius 3 is 3.00 bits per heavy atom. The van der Waals surface area contributed by atoms with E-state index in [2.05, 4.69) is 16.8 Å². The smallest absolute Gasteiger partial charge is 0.128 e. The van der Waals surface area contributed by atoms with Crippen LogP contribution in [0.25, 0.3) is 5.57 Å². The van der Waals surface area contributed by atoms with Crippen molar-refractivity contribution in [2.24, 2.45) is 4.99 Å². The predicted octanol–water partition coefficient (Wildman–Crippen LogP) is 4.09. The molecule has 0 amide bonds. The minimum absolute atomic E-state index is 0.181. The van der Waals surface area contributed by atoms with E-state index in [1.807, 2.05) is 4.68 Å². The first-order valence-electron chi connectivity index (χ1n) is 6.39. The number of rotatable bonds is 3. The molecule has 0 atom stereocenters. The highest BCUT2D eigenvalue weighted by molar-refractivity contribution is 6.30. The quantitative estimate of drug-likeness (QED) is 0.466. The molecule has 2 rings (SSSR count). The van der Waals surface area contributed by atoms with Gasteiger partial charge in [-0.15, -0.1) is 0 Å². The third kappa shape index (κ3) is 3.13. The first-order valence-corrected chi connectivity index (χ1v) is 6.76. The van der Waals surface area contributed by atoms with E-state index in [0.717, 1.165) is 37.1 Å². The molecule has 1 aromatic rings. The van der Waals surface area contributed by atoms with Gasteiger partial charge in [0, 0.05) is 23.4 Å². The van der Waals surface area contributed by atoms with E-state index in [4.69, 9.17) is 11.6 Å². The van der Waals surface area contributed by atoms with Gasteiger partial charge >= 0.3 is 0 Å². The SMILES string of the molecule is C=N/C(Cl)=C\C(=C(/C)F)c1cnn2c1CCCCC2. The molecule has 2 heterocycles. The van der Waals surface area contributed by atoms with Crippen LogP contribution in [-0.2, 0) is 13.0 Å². The number of nitrogens with zero attached hydrogens (tertiary/aromatic N) is 3. The first kappa shape index (κ1) is 14.0. The lowest BCUT2D eigenvalue weighted by Gasteiger charge is -2.07. The fourth-order valence-electron chi connectivity index (χ4n) is 2.35. The third-order valence-corrected chi connectivity index (χ3v) is 3.54. The fourth-order valence-corrected chi connectivity index (χ4v) is 2.46. The van der Waals surface area contributed by atoms with Crippen LogP contribution in [0.4, 0.5) is 4.39 Å². The Labute approximate surface area is 117 Å². The van der Waals surface area contributed by atoms with E-state index in [1.165, 1.54) is 19.4 Å². The van der Waals surface area contributed by atoms with Crippen molar-refractivity contribution in [3.8, 4) is 0 Å². The number of halogens is 2. The summed E-state index contributed by atoms with van der Waals surface area (Å²) in [6.07, 6.45) is 7.54. The zero-order valence-corrected chi connectivity index (χ0v) is 11.8. The summed E-state index contributed by atoms with van der Waals surface area (Å²) in [5.74, 6) is -0.290. The van der Waals surface area contributed by atoms with Crippen molar-refractivity contribution < 1.29 is 4.39 Å².